The van der Waals surface area contributed by atoms with Crippen molar-refractivity contribution in [2.45, 2.75) is 13.1 Å². The van der Waals surface area contributed by atoms with Crippen LogP contribution in [0.2, 0.25) is 5.02 Å². The van der Waals surface area contributed by atoms with Gasteiger partial charge in [-0.1, -0.05) is 29.8 Å². The molecule has 3 rings (SSSR count). The molecule has 4 nitrogen and oxygen atoms in total. The molecule has 0 spiro atoms. The van der Waals surface area contributed by atoms with Gasteiger partial charge in [-0.2, -0.15) is 18.3 Å². The molecule has 8 heteroatoms. The van der Waals surface area contributed by atoms with Crippen molar-refractivity contribution < 1.29 is 18.0 Å². The first-order chi connectivity index (χ1) is 12.3. The van der Waals surface area contributed by atoms with E-state index in [0.717, 1.165) is 23.9 Å². The standard InChI is InChI=1S/C18H13ClF3N3O/c1-11-14(10-23-25(11)13-5-3-2-4-6-13)17(26)24-16-9-12(18(20,21)22)7-8-15(16)19/h2-10H,1H3,(H,24,26). The van der Waals surface area contributed by atoms with Crippen LogP contribution >= 0.6 is 11.6 Å². The number of carbonyl (C=O) groups excluding carboxylic acids is 1. The lowest BCUT2D eigenvalue weighted by atomic mass is 10.1. The zero-order valence-electron chi connectivity index (χ0n) is 13.5. The van der Waals surface area contributed by atoms with Crippen molar-refractivity contribution in [1.82, 2.24) is 9.78 Å². The molecule has 26 heavy (non-hydrogen) atoms. The van der Waals surface area contributed by atoms with Crippen molar-refractivity contribution in [1.29, 1.82) is 0 Å². The summed E-state index contributed by atoms with van der Waals surface area (Å²) in [5.41, 5.74) is 0.549. The first kappa shape index (κ1) is 18.0. The second kappa shape index (κ2) is 6.84. The van der Waals surface area contributed by atoms with E-state index in [0.29, 0.717) is 5.69 Å². The molecule has 2 aromatic carbocycles. The van der Waals surface area contributed by atoms with Gasteiger partial charge in [0.05, 0.1) is 39.4 Å². The van der Waals surface area contributed by atoms with Gasteiger partial charge in [0.25, 0.3) is 5.91 Å². The van der Waals surface area contributed by atoms with Gasteiger partial charge in [0.1, 0.15) is 0 Å². The zero-order chi connectivity index (χ0) is 18.9. The molecule has 0 fully saturated rings. The number of rotatable bonds is 3. The Morgan fingerprint density at radius 1 is 1.15 bits per heavy atom. The van der Waals surface area contributed by atoms with Crippen molar-refractivity contribution in [2.24, 2.45) is 0 Å². The lowest BCUT2D eigenvalue weighted by Gasteiger charge is -2.11. The number of halogens is 4. The molecule has 0 aliphatic heterocycles. The molecule has 1 aromatic heterocycles. The van der Waals surface area contributed by atoms with Crippen LogP contribution in [0.4, 0.5) is 18.9 Å². The summed E-state index contributed by atoms with van der Waals surface area (Å²) in [6.45, 7) is 1.70. The molecule has 0 radical (unpaired) electrons. The van der Waals surface area contributed by atoms with E-state index in [-0.39, 0.29) is 16.3 Å². The molecular formula is C18H13ClF3N3O. The fraction of sp³-hybridized carbons (Fsp3) is 0.111. The number of hydrogen-bond acceptors (Lipinski definition) is 2. The largest absolute Gasteiger partial charge is 0.416 e. The molecule has 134 valence electrons. The van der Waals surface area contributed by atoms with Crippen LogP contribution in [-0.4, -0.2) is 15.7 Å². The van der Waals surface area contributed by atoms with Gasteiger partial charge in [0, 0.05) is 0 Å². The topological polar surface area (TPSA) is 46.9 Å². The predicted octanol–water partition coefficient (Wildman–Crippen LogP) is 5.11. The molecule has 1 heterocycles. The molecule has 0 atom stereocenters. The summed E-state index contributed by atoms with van der Waals surface area (Å²) in [5.74, 6) is -0.592. The van der Waals surface area contributed by atoms with Gasteiger partial charge >= 0.3 is 6.18 Å². The van der Waals surface area contributed by atoms with Gasteiger partial charge in [-0.3, -0.25) is 4.79 Å². The minimum absolute atomic E-state index is 0.0134. The normalized spacial score (nSPS) is 11.4. The van der Waals surface area contributed by atoms with Crippen LogP contribution in [-0.2, 0) is 6.18 Å². The van der Waals surface area contributed by atoms with Gasteiger partial charge in [0.2, 0.25) is 0 Å². The zero-order valence-corrected chi connectivity index (χ0v) is 14.3. The van der Waals surface area contributed by atoms with Crippen LogP contribution in [0, 0.1) is 6.92 Å². The summed E-state index contributed by atoms with van der Waals surface area (Å²) in [5, 5.41) is 6.60. The van der Waals surface area contributed by atoms with Gasteiger partial charge in [-0.25, -0.2) is 4.68 Å². The van der Waals surface area contributed by atoms with E-state index in [2.05, 4.69) is 10.4 Å². The Bertz CT molecular complexity index is 952. The van der Waals surface area contributed by atoms with E-state index in [1.54, 1.807) is 11.6 Å². The third kappa shape index (κ3) is 3.57. The Balaban J connectivity index is 1.89. The summed E-state index contributed by atoms with van der Waals surface area (Å²) in [6.07, 6.45) is -3.17. The quantitative estimate of drug-likeness (QED) is 0.687. The Morgan fingerprint density at radius 2 is 1.85 bits per heavy atom. The number of amides is 1. The summed E-state index contributed by atoms with van der Waals surface area (Å²) in [4.78, 5) is 12.5. The number of alkyl halides is 3. The summed E-state index contributed by atoms with van der Waals surface area (Å²) >= 11 is 5.92. The molecule has 1 amide bonds. The average molecular weight is 380 g/mol. The highest BCUT2D eigenvalue weighted by atomic mass is 35.5. The van der Waals surface area contributed by atoms with Gasteiger partial charge < -0.3 is 5.32 Å². The van der Waals surface area contributed by atoms with Crippen molar-refractivity contribution in [3.63, 3.8) is 0 Å². The first-order valence-corrected chi connectivity index (χ1v) is 7.93. The molecule has 3 aromatic rings. The number of hydrogen-bond donors (Lipinski definition) is 1. The van der Waals surface area contributed by atoms with Crippen molar-refractivity contribution in [2.75, 3.05) is 5.32 Å². The van der Waals surface area contributed by atoms with Crippen LogP contribution in [0.3, 0.4) is 0 Å². The third-order valence-corrected chi connectivity index (χ3v) is 4.13. The Hall–Kier alpha value is -2.80. The lowest BCUT2D eigenvalue weighted by molar-refractivity contribution is -0.137. The van der Waals surface area contributed by atoms with E-state index in [4.69, 9.17) is 11.6 Å². The maximum atomic E-state index is 12.8. The van der Waals surface area contributed by atoms with Crippen LogP contribution in [0.15, 0.2) is 54.7 Å². The molecule has 0 saturated carbocycles. The Morgan fingerprint density at radius 3 is 2.50 bits per heavy atom. The number of nitrogens with one attached hydrogen (secondary N) is 1. The number of carbonyl (C=O) groups is 1. The van der Waals surface area contributed by atoms with Crippen molar-refractivity contribution in [3.8, 4) is 5.69 Å². The van der Waals surface area contributed by atoms with E-state index in [1.165, 1.54) is 6.20 Å². The minimum atomic E-state index is -4.53. The average Bonchev–Trinajstić information content (AvgIpc) is 2.98. The van der Waals surface area contributed by atoms with Gasteiger partial charge in [-0.15, -0.1) is 0 Å². The van der Waals surface area contributed by atoms with Crippen LogP contribution in [0.1, 0.15) is 21.6 Å². The second-order valence-electron chi connectivity index (χ2n) is 5.54. The number of para-hydroxylation sites is 1. The van der Waals surface area contributed by atoms with E-state index < -0.39 is 17.6 Å². The summed E-state index contributed by atoms with van der Waals surface area (Å²) < 4.78 is 40.1. The van der Waals surface area contributed by atoms with E-state index in [1.807, 2.05) is 30.3 Å². The monoisotopic (exact) mass is 379 g/mol. The Labute approximate surface area is 152 Å². The highest BCUT2D eigenvalue weighted by Gasteiger charge is 2.31. The van der Waals surface area contributed by atoms with Gasteiger partial charge in [-0.05, 0) is 37.3 Å². The number of anilines is 1. The molecule has 0 aliphatic rings. The third-order valence-electron chi connectivity index (χ3n) is 3.80. The van der Waals surface area contributed by atoms with Crippen LogP contribution < -0.4 is 5.32 Å². The predicted molar refractivity (Wildman–Crippen MR) is 92.7 cm³/mol. The smallest absolute Gasteiger partial charge is 0.321 e. The number of nitrogens with zero attached hydrogens (tertiary/aromatic N) is 2. The van der Waals surface area contributed by atoms with Crippen molar-refractivity contribution >= 4 is 23.2 Å². The molecule has 0 bridgehead atoms. The van der Waals surface area contributed by atoms with E-state index in [9.17, 15) is 18.0 Å². The van der Waals surface area contributed by atoms with Crippen LogP contribution in [0.25, 0.3) is 5.69 Å². The van der Waals surface area contributed by atoms with E-state index >= 15 is 0 Å². The number of aromatic nitrogens is 2. The van der Waals surface area contributed by atoms with Gasteiger partial charge in [0.15, 0.2) is 0 Å². The maximum absolute atomic E-state index is 12.8. The highest BCUT2D eigenvalue weighted by molar-refractivity contribution is 6.34. The fourth-order valence-electron chi connectivity index (χ4n) is 2.45. The fourth-order valence-corrected chi connectivity index (χ4v) is 2.61. The minimum Gasteiger partial charge on any atom is -0.321 e. The molecular weight excluding hydrogens is 367 g/mol. The number of benzene rings is 2. The molecule has 0 saturated heterocycles. The second-order valence-corrected chi connectivity index (χ2v) is 5.94. The first-order valence-electron chi connectivity index (χ1n) is 7.55. The maximum Gasteiger partial charge on any atom is 0.416 e. The SMILES string of the molecule is Cc1c(C(=O)Nc2cc(C(F)(F)F)ccc2Cl)cnn1-c1ccccc1. The highest BCUT2D eigenvalue weighted by Crippen LogP contribution is 2.34. The lowest BCUT2D eigenvalue weighted by Crippen LogP contribution is -2.14. The van der Waals surface area contributed by atoms with Crippen LogP contribution in [0.5, 0.6) is 0 Å². The Kier molecular flexibility index (Phi) is 4.73. The molecule has 1 N–H and O–H groups in total. The molecule has 0 aliphatic carbocycles. The summed E-state index contributed by atoms with van der Waals surface area (Å²) in [7, 11) is 0. The van der Waals surface area contributed by atoms with Crippen molar-refractivity contribution in [3.05, 3.63) is 76.6 Å². The molecule has 0 unspecified atom stereocenters. The summed E-state index contributed by atoms with van der Waals surface area (Å²) in [6, 6.07) is 11.9.